The van der Waals surface area contributed by atoms with Crippen LogP contribution in [0.4, 0.5) is 5.69 Å². The van der Waals surface area contributed by atoms with Gasteiger partial charge in [-0.05, 0) is 31.2 Å². The number of amides is 1. The fourth-order valence-corrected chi connectivity index (χ4v) is 1.69. The third-order valence-corrected chi connectivity index (χ3v) is 2.56. The SMILES string of the molecule is CCOc1ccccc1/C=C/C(=O)Nc1cccnc1. The van der Waals surface area contributed by atoms with Gasteiger partial charge in [-0.3, -0.25) is 9.78 Å². The van der Waals surface area contributed by atoms with Gasteiger partial charge in [0.05, 0.1) is 18.5 Å². The number of hydrogen-bond donors (Lipinski definition) is 1. The number of para-hydroxylation sites is 1. The van der Waals surface area contributed by atoms with Gasteiger partial charge >= 0.3 is 0 Å². The molecule has 1 aromatic carbocycles. The van der Waals surface area contributed by atoms with Gasteiger partial charge in [-0.15, -0.1) is 0 Å². The van der Waals surface area contributed by atoms with Gasteiger partial charge in [-0.1, -0.05) is 18.2 Å². The molecule has 1 amide bonds. The highest BCUT2D eigenvalue weighted by atomic mass is 16.5. The second-order valence-electron chi connectivity index (χ2n) is 4.04. The maximum atomic E-state index is 11.8. The number of aromatic nitrogens is 1. The predicted molar refractivity (Wildman–Crippen MR) is 79.5 cm³/mol. The molecule has 102 valence electrons. The minimum atomic E-state index is -0.204. The molecule has 20 heavy (non-hydrogen) atoms. The largest absolute Gasteiger partial charge is 0.493 e. The highest BCUT2D eigenvalue weighted by Crippen LogP contribution is 2.19. The van der Waals surface area contributed by atoms with E-state index in [-0.39, 0.29) is 5.91 Å². The lowest BCUT2D eigenvalue weighted by Crippen LogP contribution is -2.07. The Morgan fingerprint density at radius 3 is 2.90 bits per heavy atom. The van der Waals surface area contributed by atoms with Crippen LogP contribution in [-0.4, -0.2) is 17.5 Å². The zero-order chi connectivity index (χ0) is 14.2. The van der Waals surface area contributed by atoms with Gasteiger partial charge in [0.2, 0.25) is 5.91 Å². The summed E-state index contributed by atoms with van der Waals surface area (Å²) in [6, 6.07) is 11.1. The summed E-state index contributed by atoms with van der Waals surface area (Å²) < 4.78 is 5.49. The summed E-state index contributed by atoms with van der Waals surface area (Å²) in [6.45, 7) is 2.52. The fourth-order valence-electron chi connectivity index (χ4n) is 1.69. The summed E-state index contributed by atoms with van der Waals surface area (Å²) in [7, 11) is 0. The lowest BCUT2D eigenvalue weighted by Gasteiger charge is -2.06. The first-order valence-electron chi connectivity index (χ1n) is 6.40. The summed E-state index contributed by atoms with van der Waals surface area (Å²) in [6.07, 6.45) is 6.46. The molecule has 1 N–H and O–H groups in total. The molecule has 2 rings (SSSR count). The lowest BCUT2D eigenvalue weighted by molar-refractivity contribution is -0.111. The molecule has 0 bridgehead atoms. The minimum Gasteiger partial charge on any atom is -0.493 e. The zero-order valence-corrected chi connectivity index (χ0v) is 11.2. The fraction of sp³-hybridized carbons (Fsp3) is 0.125. The number of benzene rings is 1. The van der Waals surface area contributed by atoms with Gasteiger partial charge in [0.25, 0.3) is 0 Å². The third kappa shape index (κ3) is 3.95. The van der Waals surface area contributed by atoms with Crippen LogP contribution in [0.5, 0.6) is 5.75 Å². The number of pyridine rings is 1. The molecule has 0 saturated carbocycles. The quantitative estimate of drug-likeness (QED) is 0.848. The van der Waals surface area contributed by atoms with E-state index in [1.807, 2.05) is 31.2 Å². The standard InChI is InChI=1S/C16H16N2O2/c1-2-20-15-8-4-3-6-13(15)9-10-16(19)18-14-7-5-11-17-12-14/h3-12H,2H2,1H3,(H,18,19)/b10-9+. The molecule has 2 aromatic rings. The number of carbonyl (C=O) groups excluding carboxylic acids is 1. The van der Waals surface area contributed by atoms with E-state index >= 15 is 0 Å². The zero-order valence-electron chi connectivity index (χ0n) is 11.2. The van der Waals surface area contributed by atoms with Crippen molar-refractivity contribution in [1.29, 1.82) is 0 Å². The Kier molecular flexibility index (Phi) is 4.89. The van der Waals surface area contributed by atoms with Crippen LogP contribution in [0.2, 0.25) is 0 Å². The van der Waals surface area contributed by atoms with Crippen LogP contribution >= 0.6 is 0 Å². The van der Waals surface area contributed by atoms with Crippen molar-refractivity contribution in [3.8, 4) is 5.75 Å². The summed E-state index contributed by atoms with van der Waals surface area (Å²) in [4.78, 5) is 15.7. The minimum absolute atomic E-state index is 0.204. The Morgan fingerprint density at radius 1 is 1.30 bits per heavy atom. The maximum Gasteiger partial charge on any atom is 0.248 e. The molecule has 4 nitrogen and oxygen atoms in total. The Morgan fingerprint density at radius 2 is 2.15 bits per heavy atom. The van der Waals surface area contributed by atoms with Gasteiger partial charge in [-0.25, -0.2) is 0 Å². The van der Waals surface area contributed by atoms with Crippen LogP contribution in [0.15, 0.2) is 54.9 Å². The van der Waals surface area contributed by atoms with E-state index in [2.05, 4.69) is 10.3 Å². The van der Waals surface area contributed by atoms with Crippen molar-refractivity contribution in [2.45, 2.75) is 6.92 Å². The third-order valence-electron chi connectivity index (χ3n) is 2.56. The molecular formula is C16H16N2O2. The highest BCUT2D eigenvalue weighted by molar-refractivity contribution is 6.01. The van der Waals surface area contributed by atoms with E-state index < -0.39 is 0 Å². The first-order chi connectivity index (χ1) is 9.79. The van der Waals surface area contributed by atoms with Crippen molar-refractivity contribution in [1.82, 2.24) is 4.98 Å². The Balaban J connectivity index is 2.04. The first kappa shape index (κ1) is 13.8. The predicted octanol–water partition coefficient (Wildman–Crippen LogP) is 3.13. The number of carbonyl (C=O) groups is 1. The number of hydrogen-bond acceptors (Lipinski definition) is 3. The average molecular weight is 268 g/mol. The van der Waals surface area contributed by atoms with Crippen LogP contribution in [0.1, 0.15) is 12.5 Å². The summed E-state index contributed by atoms with van der Waals surface area (Å²) >= 11 is 0. The summed E-state index contributed by atoms with van der Waals surface area (Å²) in [5, 5.41) is 2.73. The van der Waals surface area contributed by atoms with E-state index in [4.69, 9.17) is 4.74 Å². The Hall–Kier alpha value is -2.62. The van der Waals surface area contributed by atoms with Crippen LogP contribution in [0.25, 0.3) is 6.08 Å². The topological polar surface area (TPSA) is 51.2 Å². The summed E-state index contributed by atoms with van der Waals surface area (Å²) in [5.74, 6) is 0.560. The van der Waals surface area contributed by atoms with Crippen molar-refractivity contribution in [3.05, 3.63) is 60.4 Å². The Bertz CT molecular complexity index is 594. The van der Waals surface area contributed by atoms with Gasteiger partial charge in [0.15, 0.2) is 0 Å². The van der Waals surface area contributed by atoms with Crippen LogP contribution in [0.3, 0.4) is 0 Å². The molecule has 1 heterocycles. The van der Waals surface area contributed by atoms with Gasteiger partial charge in [0, 0.05) is 17.8 Å². The molecule has 0 aliphatic carbocycles. The number of ether oxygens (including phenoxy) is 1. The van der Waals surface area contributed by atoms with Crippen molar-refractivity contribution in [3.63, 3.8) is 0 Å². The van der Waals surface area contributed by atoms with Gasteiger partial charge in [0.1, 0.15) is 5.75 Å². The van der Waals surface area contributed by atoms with E-state index in [1.54, 1.807) is 30.6 Å². The van der Waals surface area contributed by atoms with Gasteiger partial charge < -0.3 is 10.1 Å². The molecule has 0 saturated heterocycles. The normalized spacial score (nSPS) is 10.4. The second-order valence-corrected chi connectivity index (χ2v) is 4.04. The van der Waals surface area contributed by atoms with E-state index in [9.17, 15) is 4.79 Å². The van der Waals surface area contributed by atoms with Crippen LogP contribution in [0, 0.1) is 0 Å². The Labute approximate surface area is 118 Å². The molecule has 0 aliphatic rings. The molecule has 0 radical (unpaired) electrons. The molecule has 0 atom stereocenters. The summed E-state index contributed by atoms with van der Waals surface area (Å²) in [5.41, 5.74) is 1.54. The maximum absolute atomic E-state index is 11.8. The molecule has 0 spiro atoms. The van der Waals surface area contributed by atoms with Crippen molar-refractivity contribution in [2.75, 3.05) is 11.9 Å². The molecule has 0 unspecified atom stereocenters. The average Bonchev–Trinajstić information content (AvgIpc) is 2.48. The van der Waals surface area contributed by atoms with Crippen LogP contribution in [-0.2, 0) is 4.79 Å². The monoisotopic (exact) mass is 268 g/mol. The number of rotatable bonds is 5. The highest BCUT2D eigenvalue weighted by Gasteiger charge is 2.00. The van der Waals surface area contributed by atoms with Crippen molar-refractivity contribution >= 4 is 17.7 Å². The smallest absolute Gasteiger partial charge is 0.248 e. The van der Waals surface area contributed by atoms with Crippen LogP contribution < -0.4 is 10.1 Å². The molecular weight excluding hydrogens is 252 g/mol. The molecule has 0 fully saturated rings. The van der Waals surface area contributed by atoms with Gasteiger partial charge in [-0.2, -0.15) is 0 Å². The lowest BCUT2D eigenvalue weighted by atomic mass is 10.2. The van der Waals surface area contributed by atoms with E-state index in [0.717, 1.165) is 11.3 Å². The second kappa shape index (κ2) is 7.09. The van der Waals surface area contributed by atoms with E-state index in [1.165, 1.54) is 6.08 Å². The van der Waals surface area contributed by atoms with Crippen molar-refractivity contribution < 1.29 is 9.53 Å². The number of nitrogens with zero attached hydrogens (tertiary/aromatic N) is 1. The van der Waals surface area contributed by atoms with E-state index in [0.29, 0.717) is 12.3 Å². The molecule has 1 aromatic heterocycles. The first-order valence-corrected chi connectivity index (χ1v) is 6.40. The number of anilines is 1. The number of nitrogens with one attached hydrogen (secondary N) is 1. The van der Waals surface area contributed by atoms with Crippen molar-refractivity contribution in [2.24, 2.45) is 0 Å². The molecule has 4 heteroatoms. The molecule has 0 aliphatic heterocycles.